The number of hydrogen-bond acceptors (Lipinski definition) is 5. The summed E-state index contributed by atoms with van der Waals surface area (Å²) in [4.78, 5) is 17.4. The van der Waals surface area contributed by atoms with E-state index < -0.39 is 23.6 Å². The van der Waals surface area contributed by atoms with Gasteiger partial charge in [-0.2, -0.15) is 18.4 Å². The summed E-state index contributed by atoms with van der Waals surface area (Å²) in [6.45, 7) is 5.13. The predicted octanol–water partition coefficient (Wildman–Crippen LogP) is 4.73. The molecule has 2 aromatic rings. The molecule has 1 aliphatic rings. The SMILES string of the molecule is CCc1nc(C(=O)NCC2(O)CCC(C)CC2)c(C#N)n1-c1ccc(CC(C)C(F)(F)F)cc1OC. The highest BCUT2D eigenvalue weighted by Crippen LogP contribution is 2.33. The van der Waals surface area contributed by atoms with Gasteiger partial charge in [-0.15, -0.1) is 0 Å². The van der Waals surface area contributed by atoms with E-state index in [-0.39, 0.29) is 30.1 Å². The van der Waals surface area contributed by atoms with Crippen LogP contribution in [-0.4, -0.2) is 46.0 Å². The molecule has 0 bridgehead atoms. The maximum absolute atomic E-state index is 13.0. The van der Waals surface area contributed by atoms with Crippen molar-refractivity contribution in [3.8, 4) is 17.5 Å². The van der Waals surface area contributed by atoms with Crippen LogP contribution in [0.4, 0.5) is 13.2 Å². The first-order valence-electron chi connectivity index (χ1n) is 12.2. The summed E-state index contributed by atoms with van der Waals surface area (Å²) in [5.74, 6) is -0.868. The van der Waals surface area contributed by atoms with Gasteiger partial charge in [-0.3, -0.25) is 9.36 Å². The fraction of sp³-hybridized carbons (Fsp3) is 0.577. The first-order valence-corrected chi connectivity index (χ1v) is 12.2. The summed E-state index contributed by atoms with van der Waals surface area (Å²) < 4.78 is 46.0. The van der Waals surface area contributed by atoms with Crippen molar-refractivity contribution in [2.45, 2.75) is 71.1 Å². The number of ether oxygens (including phenoxy) is 1. The Balaban J connectivity index is 1.91. The lowest BCUT2D eigenvalue weighted by Gasteiger charge is -2.34. The van der Waals surface area contributed by atoms with Crippen LogP contribution in [0.1, 0.15) is 74.0 Å². The van der Waals surface area contributed by atoms with Crippen molar-refractivity contribution < 1.29 is 27.8 Å². The number of aliphatic hydroxyl groups is 1. The highest BCUT2D eigenvalue weighted by atomic mass is 19.4. The molecule has 1 aromatic heterocycles. The van der Waals surface area contributed by atoms with E-state index in [1.54, 1.807) is 12.1 Å². The molecule has 0 spiro atoms. The Bertz CT molecular complexity index is 1130. The fourth-order valence-electron chi connectivity index (χ4n) is 4.53. The van der Waals surface area contributed by atoms with E-state index in [0.29, 0.717) is 42.3 Å². The second-order valence-corrected chi connectivity index (χ2v) is 9.77. The van der Waals surface area contributed by atoms with Crippen molar-refractivity contribution in [1.82, 2.24) is 14.9 Å². The molecular weight excluding hydrogens is 473 g/mol. The number of aromatic nitrogens is 2. The highest BCUT2D eigenvalue weighted by molar-refractivity contribution is 5.94. The standard InChI is InChI=1S/C26H33F3N4O3/c1-5-22-32-23(24(34)31-15-25(35)10-8-16(2)9-11-25)20(14-30)33(22)19-7-6-18(13-21(19)36-4)12-17(3)26(27,28)29/h6-7,13,16-17,35H,5,8-12,15H2,1-4H3,(H,31,34). The molecule has 3 rings (SSSR count). The molecule has 7 nitrogen and oxygen atoms in total. The smallest absolute Gasteiger partial charge is 0.391 e. The fourth-order valence-corrected chi connectivity index (χ4v) is 4.53. The van der Waals surface area contributed by atoms with E-state index in [1.807, 2.05) is 13.0 Å². The van der Waals surface area contributed by atoms with Gasteiger partial charge < -0.3 is 15.2 Å². The summed E-state index contributed by atoms with van der Waals surface area (Å²) in [6, 6.07) is 6.69. The number of carbonyl (C=O) groups excluding carboxylic acids is 1. The zero-order valence-corrected chi connectivity index (χ0v) is 21.1. The van der Waals surface area contributed by atoms with E-state index in [1.165, 1.54) is 17.7 Å². The summed E-state index contributed by atoms with van der Waals surface area (Å²) in [6.07, 6.45) is -1.21. The average molecular weight is 507 g/mol. The number of nitrogens with zero attached hydrogens (tertiary/aromatic N) is 3. The molecule has 1 amide bonds. The normalized spacial score (nSPS) is 21.0. The minimum Gasteiger partial charge on any atom is -0.495 e. The van der Waals surface area contributed by atoms with Gasteiger partial charge in [0, 0.05) is 13.0 Å². The van der Waals surface area contributed by atoms with Crippen LogP contribution in [0.3, 0.4) is 0 Å². The summed E-state index contributed by atoms with van der Waals surface area (Å²) in [7, 11) is 1.39. The molecule has 1 unspecified atom stereocenters. The van der Waals surface area contributed by atoms with Gasteiger partial charge in [0.05, 0.1) is 24.3 Å². The Morgan fingerprint density at radius 3 is 2.61 bits per heavy atom. The Kier molecular flexibility index (Phi) is 8.34. The van der Waals surface area contributed by atoms with Gasteiger partial charge in [0.15, 0.2) is 11.4 Å². The summed E-state index contributed by atoms with van der Waals surface area (Å²) in [5.41, 5.74) is -0.231. The number of halogens is 3. The van der Waals surface area contributed by atoms with Crippen molar-refractivity contribution in [1.29, 1.82) is 5.26 Å². The number of benzene rings is 1. The molecule has 196 valence electrons. The van der Waals surface area contributed by atoms with Crippen molar-refractivity contribution >= 4 is 5.91 Å². The van der Waals surface area contributed by atoms with Crippen LogP contribution < -0.4 is 10.1 Å². The molecular formula is C26H33F3N4O3. The molecule has 1 aliphatic carbocycles. The third kappa shape index (κ3) is 6.01. The van der Waals surface area contributed by atoms with E-state index in [9.17, 15) is 28.3 Å². The van der Waals surface area contributed by atoms with Gasteiger partial charge >= 0.3 is 6.18 Å². The van der Waals surface area contributed by atoms with Crippen LogP contribution in [0.25, 0.3) is 5.69 Å². The largest absolute Gasteiger partial charge is 0.495 e. The van der Waals surface area contributed by atoms with Gasteiger partial charge in [-0.25, -0.2) is 4.98 Å². The van der Waals surface area contributed by atoms with E-state index in [4.69, 9.17) is 4.74 Å². The van der Waals surface area contributed by atoms with E-state index in [2.05, 4.69) is 17.2 Å². The maximum atomic E-state index is 13.0. The number of aryl methyl sites for hydroxylation is 1. The Morgan fingerprint density at radius 1 is 1.39 bits per heavy atom. The number of rotatable bonds is 8. The second kappa shape index (κ2) is 10.9. The zero-order chi connectivity index (χ0) is 26.7. The molecule has 0 aliphatic heterocycles. The van der Waals surface area contributed by atoms with Crippen LogP contribution in [0, 0.1) is 23.2 Å². The third-order valence-electron chi connectivity index (χ3n) is 6.95. The summed E-state index contributed by atoms with van der Waals surface area (Å²) in [5, 5.41) is 23.5. The molecule has 1 saturated carbocycles. The van der Waals surface area contributed by atoms with Crippen LogP contribution in [0.2, 0.25) is 0 Å². The minimum absolute atomic E-state index is 0.0108. The molecule has 1 aromatic carbocycles. The number of amides is 1. The lowest BCUT2D eigenvalue weighted by molar-refractivity contribution is -0.169. The van der Waals surface area contributed by atoms with Crippen molar-refractivity contribution in [3.05, 3.63) is 41.0 Å². The molecule has 2 N–H and O–H groups in total. The Morgan fingerprint density at radius 2 is 2.06 bits per heavy atom. The van der Waals surface area contributed by atoms with Crippen LogP contribution in [0.15, 0.2) is 18.2 Å². The number of methoxy groups -OCH3 is 1. The molecule has 1 atom stereocenters. The number of alkyl halides is 3. The zero-order valence-electron chi connectivity index (χ0n) is 21.1. The molecule has 36 heavy (non-hydrogen) atoms. The number of nitriles is 1. The number of hydrogen-bond donors (Lipinski definition) is 2. The number of nitrogens with one attached hydrogen (secondary N) is 1. The minimum atomic E-state index is -4.31. The average Bonchev–Trinajstić information content (AvgIpc) is 3.22. The number of imidazole rings is 1. The van der Waals surface area contributed by atoms with Gasteiger partial charge in [0.2, 0.25) is 0 Å². The molecule has 1 fully saturated rings. The third-order valence-corrected chi connectivity index (χ3v) is 6.95. The Hall–Kier alpha value is -3.06. The molecule has 1 heterocycles. The van der Waals surface area contributed by atoms with E-state index >= 15 is 0 Å². The van der Waals surface area contributed by atoms with Gasteiger partial charge in [-0.1, -0.05) is 26.8 Å². The lowest BCUT2D eigenvalue weighted by atomic mass is 9.79. The quantitative estimate of drug-likeness (QED) is 0.539. The summed E-state index contributed by atoms with van der Waals surface area (Å²) >= 11 is 0. The van der Waals surface area contributed by atoms with Gasteiger partial charge in [0.1, 0.15) is 17.6 Å². The highest BCUT2D eigenvalue weighted by Gasteiger charge is 2.36. The molecule has 0 saturated heterocycles. The first kappa shape index (κ1) is 27.5. The van der Waals surface area contributed by atoms with Crippen molar-refractivity contribution in [3.63, 3.8) is 0 Å². The first-order chi connectivity index (χ1) is 16.9. The van der Waals surface area contributed by atoms with Crippen molar-refractivity contribution in [2.24, 2.45) is 11.8 Å². The van der Waals surface area contributed by atoms with E-state index in [0.717, 1.165) is 19.8 Å². The monoisotopic (exact) mass is 506 g/mol. The molecule has 10 heteroatoms. The maximum Gasteiger partial charge on any atom is 0.391 e. The second-order valence-electron chi connectivity index (χ2n) is 9.77. The number of carbonyl (C=O) groups is 1. The van der Waals surface area contributed by atoms with Crippen molar-refractivity contribution in [2.75, 3.05) is 13.7 Å². The van der Waals surface area contributed by atoms with Crippen LogP contribution >= 0.6 is 0 Å². The molecule has 0 radical (unpaired) electrons. The predicted molar refractivity (Wildman–Crippen MR) is 128 cm³/mol. The lowest BCUT2D eigenvalue weighted by Crippen LogP contribution is -2.45. The van der Waals surface area contributed by atoms with Crippen LogP contribution in [0.5, 0.6) is 5.75 Å². The van der Waals surface area contributed by atoms with Gasteiger partial charge in [-0.05, 0) is 55.7 Å². The topological polar surface area (TPSA) is 100 Å². The Labute approximate surface area is 209 Å². The van der Waals surface area contributed by atoms with Crippen LogP contribution in [-0.2, 0) is 12.8 Å². The van der Waals surface area contributed by atoms with Gasteiger partial charge in [0.25, 0.3) is 5.91 Å².